The molecule has 0 radical (unpaired) electrons. The third-order valence-electron chi connectivity index (χ3n) is 5.02. The number of fused-ring (bicyclic) bond motifs is 1. The van der Waals surface area contributed by atoms with Crippen LogP contribution in [0.1, 0.15) is 22.8 Å². The largest absolute Gasteiger partial charge is 0.454 e. The number of carbonyl (C=O) groups is 2. The molecule has 7 nitrogen and oxygen atoms in total. The van der Waals surface area contributed by atoms with Crippen LogP contribution in [0.5, 0.6) is 11.5 Å². The summed E-state index contributed by atoms with van der Waals surface area (Å²) in [5.74, 6) is 1.57. The topological polar surface area (TPSA) is 71.1 Å². The number of amides is 2. The van der Waals surface area contributed by atoms with Gasteiger partial charge >= 0.3 is 6.03 Å². The number of Topliss-reactive ketones (excluding diaryl/α,β-unsaturated/α-hetero) is 1. The summed E-state index contributed by atoms with van der Waals surface area (Å²) in [4.78, 5) is 28.1. The zero-order valence-electron chi connectivity index (χ0n) is 15.8. The fourth-order valence-electron chi connectivity index (χ4n) is 3.43. The van der Waals surface area contributed by atoms with Crippen molar-refractivity contribution in [3.05, 3.63) is 53.6 Å². The van der Waals surface area contributed by atoms with Crippen LogP contribution in [0.3, 0.4) is 0 Å². The van der Waals surface area contributed by atoms with E-state index in [4.69, 9.17) is 9.47 Å². The lowest BCUT2D eigenvalue weighted by molar-refractivity contribution is 0.101. The van der Waals surface area contributed by atoms with Gasteiger partial charge in [-0.25, -0.2) is 4.79 Å². The predicted molar refractivity (Wildman–Crippen MR) is 105 cm³/mol. The first-order valence-corrected chi connectivity index (χ1v) is 9.36. The van der Waals surface area contributed by atoms with E-state index in [9.17, 15) is 9.59 Å². The van der Waals surface area contributed by atoms with Gasteiger partial charge in [0.15, 0.2) is 17.3 Å². The summed E-state index contributed by atoms with van der Waals surface area (Å²) in [5.41, 5.74) is 2.40. The molecule has 1 N–H and O–H groups in total. The number of carbonyl (C=O) groups excluding carboxylic acids is 2. The van der Waals surface area contributed by atoms with Crippen LogP contribution in [0.2, 0.25) is 0 Å². The van der Waals surface area contributed by atoms with E-state index in [0.29, 0.717) is 24.3 Å². The lowest BCUT2D eigenvalue weighted by atomic mass is 10.1. The quantitative estimate of drug-likeness (QED) is 0.825. The van der Waals surface area contributed by atoms with Gasteiger partial charge in [-0.1, -0.05) is 18.2 Å². The Morgan fingerprint density at radius 3 is 2.57 bits per heavy atom. The molecule has 1 saturated heterocycles. The van der Waals surface area contributed by atoms with Gasteiger partial charge in [0.2, 0.25) is 6.79 Å². The van der Waals surface area contributed by atoms with Crippen molar-refractivity contribution in [3.8, 4) is 11.5 Å². The Hall–Kier alpha value is -3.06. The Labute approximate surface area is 163 Å². The van der Waals surface area contributed by atoms with Crippen molar-refractivity contribution in [3.63, 3.8) is 0 Å². The molecule has 0 bridgehead atoms. The Balaban J connectivity index is 1.29. The molecule has 7 heteroatoms. The number of ether oxygens (including phenoxy) is 2. The molecule has 0 saturated carbocycles. The van der Waals surface area contributed by atoms with Crippen molar-refractivity contribution >= 4 is 17.5 Å². The number of anilines is 1. The average molecular weight is 381 g/mol. The molecular formula is C21H23N3O4. The second-order valence-electron chi connectivity index (χ2n) is 7.02. The summed E-state index contributed by atoms with van der Waals surface area (Å²) in [6, 6.07) is 12.9. The molecule has 0 spiro atoms. The predicted octanol–water partition coefficient (Wildman–Crippen LogP) is 2.97. The normalized spacial score (nSPS) is 16.1. The summed E-state index contributed by atoms with van der Waals surface area (Å²) in [7, 11) is 0. The molecular weight excluding hydrogens is 358 g/mol. The Morgan fingerprint density at radius 1 is 1.00 bits per heavy atom. The van der Waals surface area contributed by atoms with E-state index in [0.717, 1.165) is 31.1 Å². The molecule has 2 aromatic carbocycles. The fourth-order valence-corrected chi connectivity index (χ4v) is 3.43. The van der Waals surface area contributed by atoms with Crippen molar-refractivity contribution in [2.45, 2.75) is 13.5 Å². The molecule has 1 fully saturated rings. The van der Waals surface area contributed by atoms with Crippen LogP contribution in [0.15, 0.2) is 42.5 Å². The lowest BCUT2D eigenvalue weighted by Crippen LogP contribution is -2.49. The van der Waals surface area contributed by atoms with Crippen molar-refractivity contribution in [1.29, 1.82) is 0 Å². The number of hydrogen-bond acceptors (Lipinski definition) is 5. The smallest absolute Gasteiger partial charge is 0.321 e. The molecule has 0 atom stereocenters. The zero-order chi connectivity index (χ0) is 19.5. The van der Waals surface area contributed by atoms with E-state index < -0.39 is 0 Å². The van der Waals surface area contributed by atoms with Gasteiger partial charge in [0.1, 0.15) is 0 Å². The average Bonchev–Trinajstić information content (AvgIpc) is 3.16. The first kappa shape index (κ1) is 18.3. The summed E-state index contributed by atoms with van der Waals surface area (Å²) >= 11 is 0. The minimum atomic E-state index is -0.136. The number of urea groups is 1. The first-order valence-electron chi connectivity index (χ1n) is 9.36. The number of piperazine rings is 1. The van der Waals surface area contributed by atoms with Crippen LogP contribution < -0.4 is 14.8 Å². The molecule has 2 amide bonds. The number of nitrogens with one attached hydrogen (secondary N) is 1. The van der Waals surface area contributed by atoms with Gasteiger partial charge in [0.25, 0.3) is 0 Å². The number of ketones is 1. The van der Waals surface area contributed by atoms with E-state index in [1.807, 2.05) is 12.1 Å². The Morgan fingerprint density at radius 2 is 1.79 bits per heavy atom. The molecule has 4 rings (SSSR count). The van der Waals surface area contributed by atoms with Crippen LogP contribution in [0.4, 0.5) is 10.5 Å². The maximum absolute atomic E-state index is 12.5. The number of hydrogen-bond donors (Lipinski definition) is 1. The first-order chi connectivity index (χ1) is 13.6. The molecule has 2 aromatic rings. The third-order valence-corrected chi connectivity index (χ3v) is 5.02. The van der Waals surface area contributed by atoms with E-state index >= 15 is 0 Å². The van der Waals surface area contributed by atoms with Gasteiger partial charge in [0.05, 0.1) is 0 Å². The summed E-state index contributed by atoms with van der Waals surface area (Å²) in [5, 5.41) is 2.89. The Kier molecular flexibility index (Phi) is 5.16. The van der Waals surface area contributed by atoms with E-state index in [2.05, 4.69) is 16.3 Å². The van der Waals surface area contributed by atoms with Crippen LogP contribution in [-0.4, -0.2) is 54.6 Å². The van der Waals surface area contributed by atoms with Gasteiger partial charge in [-0.15, -0.1) is 0 Å². The minimum absolute atomic E-state index is 0.0202. The van der Waals surface area contributed by atoms with Crippen molar-refractivity contribution in [1.82, 2.24) is 9.80 Å². The molecule has 146 valence electrons. The fraction of sp³-hybridized carbons (Fsp3) is 0.333. The molecule has 2 heterocycles. The van der Waals surface area contributed by atoms with Gasteiger partial charge < -0.3 is 19.7 Å². The van der Waals surface area contributed by atoms with Gasteiger partial charge in [-0.05, 0) is 36.8 Å². The standard InChI is InChI=1S/C21H23N3O4/c1-15(25)17-3-2-4-18(12-17)22-21(26)24-9-7-23(8-10-24)13-16-5-6-19-20(11-16)28-14-27-19/h2-6,11-12H,7-10,13-14H2,1H3,(H,22,26). The van der Waals surface area contributed by atoms with Gasteiger partial charge in [-0.2, -0.15) is 0 Å². The maximum atomic E-state index is 12.5. The van der Waals surface area contributed by atoms with Crippen molar-refractivity contribution < 1.29 is 19.1 Å². The molecule has 2 aliphatic rings. The highest BCUT2D eigenvalue weighted by Gasteiger charge is 2.22. The lowest BCUT2D eigenvalue weighted by Gasteiger charge is -2.34. The highest BCUT2D eigenvalue weighted by molar-refractivity contribution is 5.96. The SMILES string of the molecule is CC(=O)c1cccc(NC(=O)N2CCN(Cc3ccc4c(c3)OCO4)CC2)c1. The zero-order valence-corrected chi connectivity index (χ0v) is 15.8. The summed E-state index contributed by atoms with van der Waals surface area (Å²) in [6.07, 6.45) is 0. The van der Waals surface area contributed by atoms with Crippen LogP contribution in [0.25, 0.3) is 0 Å². The second kappa shape index (κ2) is 7.90. The van der Waals surface area contributed by atoms with Crippen LogP contribution >= 0.6 is 0 Å². The molecule has 0 aliphatic carbocycles. The van der Waals surface area contributed by atoms with Crippen LogP contribution in [-0.2, 0) is 6.54 Å². The summed E-state index contributed by atoms with van der Waals surface area (Å²) in [6.45, 7) is 5.52. The Bertz CT molecular complexity index is 891. The molecule has 0 aromatic heterocycles. The van der Waals surface area contributed by atoms with Crippen molar-refractivity contribution in [2.24, 2.45) is 0 Å². The van der Waals surface area contributed by atoms with Crippen LogP contribution in [0, 0.1) is 0 Å². The monoisotopic (exact) mass is 381 g/mol. The number of rotatable bonds is 4. The van der Waals surface area contributed by atoms with Gasteiger partial charge in [-0.3, -0.25) is 9.69 Å². The summed E-state index contributed by atoms with van der Waals surface area (Å²) < 4.78 is 10.8. The highest BCUT2D eigenvalue weighted by atomic mass is 16.7. The number of benzene rings is 2. The highest BCUT2D eigenvalue weighted by Crippen LogP contribution is 2.32. The minimum Gasteiger partial charge on any atom is -0.454 e. The molecule has 28 heavy (non-hydrogen) atoms. The van der Waals surface area contributed by atoms with Crippen molar-refractivity contribution in [2.75, 3.05) is 38.3 Å². The second-order valence-corrected chi connectivity index (χ2v) is 7.02. The molecule has 2 aliphatic heterocycles. The third kappa shape index (κ3) is 4.09. The number of nitrogens with zero attached hydrogens (tertiary/aromatic N) is 2. The van der Waals surface area contributed by atoms with Gasteiger partial charge in [0, 0.05) is 44.0 Å². The molecule has 0 unspecified atom stereocenters. The van der Waals surface area contributed by atoms with E-state index in [1.165, 1.54) is 12.5 Å². The van der Waals surface area contributed by atoms with E-state index in [-0.39, 0.29) is 18.6 Å². The maximum Gasteiger partial charge on any atom is 0.321 e. The van der Waals surface area contributed by atoms with E-state index in [1.54, 1.807) is 29.2 Å².